The summed E-state index contributed by atoms with van der Waals surface area (Å²) in [6, 6.07) is 1.75. The summed E-state index contributed by atoms with van der Waals surface area (Å²) in [4.78, 5) is 26.5. The van der Waals surface area contributed by atoms with Gasteiger partial charge in [0.2, 0.25) is 10.0 Å². The average Bonchev–Trinajstić information content (AvgIpc) is 3.25. The Balaban J connectivity index is 1.83. The molecule has 9 nitrogen and oxygen atoms in total. The number of fused-ring (bicyclic) bond motifs is 1. The molecule has 0 saturated carbocycles. The Morgan fingerprint density at radius 2 is 2.00 bits per heavy atom. The third kappa shape index (κ3) is 3.25. The first-order chi connectivity index (χ1) is 12.6. The second-order valence-corrected chi connectivity index (χ2v) is 9.69. The van der Waals surface area contributed by atoms with E-state index in [-0.39, 0.29) is 37.8 Å². The van der Waals surface area contributed by atoms with Gasteiger partial charge in [-0.3, -0.25) is 14.3 Å². The maximum absolute atomic E-state index is 13.0. The van der Waals surface area contributed by atoms with Gasteiger partial charge in [-0.25, -0.2) is 12.7 Å². The van der Waals surface area contributed by atoms with Gasteiger partial charge in [-0.15, -0.1) is 0 Å². The van der Waals surface area contributed by atoms with Crippen LogP contribution in [-0.4, -0.2) is 76.3 Å². The number of sulfonamides is 1. The fourth-order valence-electron chi connectivity index (χ4n) is 4.14. The lowest BCUT2D eigenvalue weighted by Gasteiger charge is -2.25. The van der Waals surface area contributed by atoms with E-state index >= 15 is 0 Å². The number of aryl methyl sites for hydroxylation is 2. The molecule has 150 valence electrons. The fourth-order valence-corrected chi connectivity index (χ4v) is 5.34. The highest BCUT2D eigenvalue weighted by molar-refractivity contribution is 7.89. The molecule has 0 aromatic carbocycles. The molecule has 2 saturated heterocycles. The zero-order chi connectivity index (χ0) is 20.0. The predicted octanol–water partition coefficient (Wildman–Crippen LogP) is 0.181. The van der Waals surface area contributed by atoms with Crippen LogP contribution >= 0.6 is 0 Å². The zero-order valence-corrected chi connectivity index (χ0v) is 16.7. The highest BCUT2D eigenvalue weighted by atomic mass is 32.2. The molecule has 10 heteroatoms. The molecule has 0 spiro atoms. The minimum absolute atomic E-state index is 0.00978. The van der Waals surface area contributed by atoms with Crippen molar-refractivity contribution in [2.45, 2.75) is 26.7 Å². The van der Waals surface area contributed by atoms with E-state index in [1.54, 1.807) is 20.0 Å². The van der Waals surface area contributed by atoms with Crippen LogP contribution in [0.2, 0.25) is 0 Å². The van der Waals surface area contributed by atoms with Gasteiger partial charge in [0.1, 0.15) is 11.1 Å². The summed E-state index contributed by atoms with van der Waals surface area (Å²) >= 11 is 0. The summed E-state index contributed by atoms with van der Waals surface area (Å²) in [5, 5.41) is 14.2. The average molecular weight is 398 g/mol. The minimum atomic E-state index is -3.46. The molecule has 2 aliphatic rings. The van der Waals surface area contributed by atoms with Crippen LogP contribution in [-0.2, 0) is 28.3 Å². The summed E-state index contributed by atoms with van der Waals surface area (Å²) in [7, 11) is -1.76. The molecule has 0 aliphatic carbocycles. The quantitative estimate of drug-likeness (QED) is 0.731. The molecular formula is C17H26N4O5S. The van der Waals surface area contributed by atoms with Crippen molar-refractivity contribution in [1.82, 2.24) is 19.0 Å². The number of aromatic nitrogens is 2. The SMILES string of the molecule is CCCc1cc(C(=O)N2C[C@H]3CN(S(=O)(=O)CC)C[C@@]3(C(=O)O)C2)n(C)n1. The van der Waals surface area contributed by atoms with Crippen molar-refractivity contribution in [3.63, 3.8) is 0 Å². The second kappa shape index (κ2) is 6.90. The molecule has 3 rings (SSSR count). The van der Waals surface area contributed by atoms with Crippen molar-refractivity contribution >= 4 is 21.9 Å². The molecule has 1 aromatic rings. The lowest BCUT2D eigenvalue weighted by atomic mass is 9.81. The van der Waals surface area contributed by atoms with Crippen LogP contribution in [0, 0.1) is 11.3 Å². The van der Waals surface area contributed by atoms with Gasteiger partial charge in [-0.2, -0.15) is 5.10 Å². The van der Waals surface area contributed by atoms with Gasteiger partial charge in [0.05, 0.1) is 11.4 Å². The number of nitrogens with zero attached hydrogens (tertiary/aromatic N) is 4. The Morgan fingerprint density at radius 3 is 2.56 bits per heavy atom. The molecular weight excluding hydrogens is 372 g/mol. The summed E-state index contributed by atoms with van der Waals surface area (Å²) in [5.74, 6) is -1.78. The molecule has 1 amide bonds. The van der Waals surface area contributed by atoms with Crippen molar-refractivity contribution in [2.75, 3.05) is 31.9 Å². The van der Waals surface area contributed by atoms with E-state index in [2.05, 4.69) is 5.10 Å². The van der Waals surface area contributed by atoms with Crippen LogP contribution in [0.15, 0.2) is 6.07 Å². The van der Waals surface area contributed by atoms with Gasteiger partial charge in [-0.05, 0) is 19.4 Å². The first-order valence-corrected chi connectivity index (χ1v) is 10.8. The molecule has 3 heterocycles. The van der Waals surface area contributed by atoms with E-state index in [0.717, 1.165) is 18.5 Å². The number of carbonyl (C=O) groups is 2. The van der Waals surface area contributed by atoms with Crippen molar-refractivity contribution in [3.05, 3.63) is 17.5 Å². The number of carboxylic acids is 1. The highest BCUT2D eigenvalue weighted by Crippen LogP contribution is 2.44. The Hall–Kier alpha value is -1.94. The van der Waals surface area contributed by atoms with Crippen LogP contribution in [0.1, 0.15) is 36.5 Å². The van der Waals surface area contributed by atoms with Crippen LogP contribution in [0.5, 0.6) is 0 Å². The first-order valence-electron chi connectivity index (χ1n) is 9.18. The fraction of sp³-hybridized carbons (Fsp3) is 0.706. The number of carboxylic acid groups (broad SMARTS) is 1. The summed E-state index contributed by atoms with van der Waals surface area (Å²) in [5.41, 5.74) is 0.0100. The van der Waals surface area contributed by atoms with Gasteiger partial charge < -0.3 is 10.0 Å². The molecule has 0 unspecified atom stereocenters. The number of carbonyl (C=O) groups excluding carboxylic acids is 1. The Labute approximate surface area is 159 Å². The smallest absolute Gasteiger partial charge is 0.313 e. The van der Waals surface area contributed by atoms with E-state index < -0.39 is 27.3 Å². The molecule has 0 radical (unpaired) electrons. The van der Waals surface area contributed by atoms with E-state index in [1.165, 1.54) is 13.9 Å². The van der Waals surface area contributed by atoms with Crippen LogP contribution in [0.25, 0.3) is 0 Å². The third-order valence-electron chi connectivity index (χ3n) is 5.70. The molecule has 1 aromatic heterocycles. The Kier molecular flexibility index (Phi) is 5.06. The van der Waals surface area contributed by atoms with Gasteiger partial charge in [0.25, 0.3) is 5.91 Å². The maximum atomic E-state index is 13.0. The summed E-state index contributed by atoms with van der Waals surface area (Å²) in [6.45, 7) is 3.87. The summed E-state index contributed by atoms with van der Waals surface area (Å²) < 4.78 is 27.2. The predicted molar refractivity (Wildman–Crippen MR) is 97.7 cm³/mol. The van der Waals surface area contributed by atoms with Gasteiger partial charge >= 0.3 is 5.97 Å². The Morgan fingerprint density at radius 1 is 1.30 bits per heavy atom. The van der Waals surface area contributed by atoms with Crippen molar-refractivity contribution in [3.8, 4) is 0 Å². The highest BCUT2D eigenvalue weighted by Gasteiger charge is 2.60. The number of amides is 1. The van der Waals surface area contributed by atoms with Gasteiger partial charge in [0, 0.05) is 39.1 Å². The van der Waals surface area contributed by atoms with Crippen molar-refractivity contribution in [1.29, 1.82) is 0 Å². The molecule has 2 aliphatic heterocycles. The lowest BCUT2D eigenvalue weighted by molar-refractivity contribution is -0.148. The Bertz CT molecular complexity index is 865. The van der Waals surface area contributed by atoms with Gasteiger partial charge in [-0.1, -0.05) is 13.3 Å². The largest absolute Gasteiger partial charge is 0.481 e. The number of hydrogen-bond donors (Lipinski definition) is 1. The molecule has 2 fully saturated rings. The third-order valence-corrected chi connectivity index (χ3v) is 7.50. The topological polar surface area (TPSA) is 113 Å². The molecule has 27 heavy (non-hydrogen) atoms. The molecule has 0 bridgehead atoms. The first kappa shape index (κ1) is 19.8. The van der Waals surface area contributed by atoms with E-state index in [0.29, 0.717) is 5.69 Å². The normalized spacial score (nSPS) is 25.7. The van der Waals surface area contributed by atoms with Crippen molar-refractivity contribution < 1.29 is 23.1 Å². The number of aliphatic carboxylic acids is 1. The summed E-state index contributed by atoms with van der Waals surface area (Å²) in [6.07, 6.45) is 1.69. The second-order valence-electron chi connectivity index (χ2n) is 7.43. The minimum Gasteiger partial charge on any atom is -0.481 e. The van der Waals surface area contributed by atoms with Crippen LogP contribution in [0.4, 0.5) is 0 Å². The number of likely N-dealkylation sites (tertiary alicyclic amines) is 1. The molecule has 1 N–H and O–H groups in total. The molecule has 2 atom stereocenters. The van der Waals surface area contributed by atoms with Crippen LogP contribution in [0.3, 0.4) is 0 Å². The van der Waals surface area contributed by atoms with E-state index in [4.69, 9.17) is 0 Å². The van der Waals surface area contributed by atoms with Crippen molar-refractivity contribution in [2.24, 2.45) is 18.4 Å². The van der Waals surface area contributed by atoms with Crippen LogP contribution < -0.4 is 0 Å². The van der Waals surface area contributed by atoms with Gasteiger partial charge in [0.15, 0.2) is 0 Å². The number of hydrogen-bond acceptors (Lipinski definition) is 5. The van der Waals surface area contributed by atoms with E-state index in [9.17, 15) is 23.1 Å². The lowest BCUT2D eigenvalue weighted by Crippen LogP contribution is -2.43. The monoisotopic (exact) mass is 398 g/mol. The number of rotatable bonds is 6. The maximum Gasteiger partial charge on any atom is 0.313 e. The van der Waals surface area contributed by atoms with E-state index in [1.807, 2.05) is 6.92 Å². The zero-order valence-electron chi connectivity index (χ0n) is 15.9. The standard InChI is InChI=1S/C17H26N4O5S/c1-4-6-13-7-14(19(3)18-13)15(22)20-8-12-9-21(27(25,26)5-2)11-17(12,10-20)16(23)24/h7,12H,4-6,8-11H2,1-3H3,(H,23,24)/t12-,17-/m0/s1.